The second-order valence-electron chi connectivity index (χ2n) is 4.23. The Morgan fingerprint density at radius 1 is 1.00 bits per heavy atom. The molecule has 4 heteroatoms. The second kappa shape index (κ2) is 3.77. The van der Waals surface area contributed by atoms with Crippen LogP contribution in [0.2, 0.25) is 0 Å². The summed E-state index contributed by atoms with van der Waals surface area (Å²) in [6, 6.07) is 11.2. The Balaban J connectivity index is 2.26. The van der Waals surface area contributed by atoms with E-state index in [4.69, 9.17) is 15.9 Å². The van der Waals surface area contributed by atoms with Crippen molar-refractivity contribution in [2.24, 2.45) is 0 Å². The van der Waals surface area contributed by atoms with Crippen LogP contribution in [0.5, 0.6) is 0 Å². The first kappa shape index (κ1) is 10.7. The minimum atomic E-state index is 0.525. The maximum atomic E-state index is 5.92. The molecule has 2 aromatic carbocycles. The topological polar surface area (TPSA) is 78.1 Å². The normalized spacial score (nSPS) is 10.9. The number of aryl methyl sites for hydroxylation is 1. The summed E-state index contributed by atoms with van der Waals surface area (Å²) in [5.41, 5.74) is 16.3. The molecule has 0 unspecified atom stereocenters. The van der Waals surface area contributed by atoms with Crippen LogP contribution in [0, 0.1) is 6.92 Å². The number of hydrogen-bond donors (Lipinski definition) is 2. The number of rotatable bonds is 1. The molecule has 0 saturated carbocycles. The van der Waals surface area contributed by atoms with Crippen LogP contribution in [-0.2, 0) is 0 Å². The number of nitrogens with two attached hydrogens (primary N) is 2. The Kier molecular flexibility index (Phi) is 2.23. The quantitative estimate of drug-likeness (QED) is 0.640. The van der Waals surface area contributed by atoms with Gasteiger partial charge in [-0.25, -0.2) is 4.98 Å². The molecular formula is C14H13N3O. The first-order chi connectivity index (χ1) is 8.66. The van der Waals surface area contributed by atoms with Crippen LogP contribution < -0.4 is 11.5 Å². The molecule has 4 N–H and O–H groups in total. The van der Waals surface area contributed by atoms with Gasteiger partial charge in [-0.3, -0.25) is 0 Å². The van der Waals surface area contributed by atoms with Crippen LogP contribution in [0.15, 0.2) is 40.8 Å². The third kappa shape index (κ3) is 1.50. The molecule has 0 bridgehead atoms. The summed E-state index contributed by atoms with van der Waals surface area (Å²) in [7, 11) is 0. The standard InChI is InChI=1S/C14H13N3O/c1-8-10(15)6-7-12-13(8)18-14(17-12)9-4-2-3-5-11(9)16/h2-7H,15-16H2,1H3. The lowest BCUT2D eigenvalue weighted by Gasteiger charge is -1.99. The molecule has 0 radical (unpaired) electrons. The van der Waals surface area contributed by atoms with E-state index < -0.39 is 0 Å². The third-order valence-corrected chi connectivity index (χ3v) is 3.04. The first-order valence-electron chi connectivity index (χ1n) is 5.67. The average Bonchev–Trinajstić information content (AvgIpc) is 2.79. The predicted molar refractivity (Wildman–Crippen MR) is 73.0 cm³/mol. The van der Waals surface area contributed by atoms with E-state index in [0.29, 0.717) is 22.8 Å². The molecule has 3 rings (SSSR count). The SMILES string of the molecule is Cc1c(N)ccc2nc(-c3ccccc3N)oc12. The van der Waals surface area contributed by atoms with Crippen molar-refractivity contribution in [1.82, 2.24) is 4.98 Å². The van der Waals surface area contributed by atoms with Gasteiger partial charge in [-0.2, -0.15) is 0 Å². The molecule has 0 saturated heterocycles. The number of para-hydroxylation sites is 1. The van der Waals surface area contributed by atoms with E-state index in [2.05, 4.69) is 4.98 Å². The number of fused-ring (bicyclic) bond motifs is 1. The number of aromatic nitrogens is 1. The maximum Gasteiger partial charge on any atom is 0.229 e. The molecule has 0 atom stereocenters. The van der Waals surface area contributed by atoms with Crippen molar-refractivity contribution in [2.75, 3.05) is 11.5 Å². The van der Waals surface area contributed by atoms with Crippen LogP contribution in [0.1, 0.15) is 5.56 Å². The van der Waals surface area contributed by atoms with Gasteiger partial charge in [-0.15, -0.1) is 0 Å². The highest BCUT2D eigenvalue weighted by atomic mass is 16.3. The smallest absolute Gasteiger partial charge is 0.229 e. The predicted octanol–water partition coefficient (Wildman–Crippen LogP) is 2.97. The zero-order valence-electron chi connectivity index (χ0n) is 9.97. The van der Waals surface area contributed by atoms with E-state index >= 15 is 0 Å². The molecule has 0 aliphatic carbocycles. The van der Waals surface area contributed by atoms with Crippen LogP contribution in [-0.4, -0.2) is 4.98 Å². The Hall–Kier alpha value is -2.49. The number of anilines is 2. The Labute approximate surface area is 104 Å². The van der Waals surface area contributed by atoms with Gasteiger partial charge < -0.3 is 15.9 Å². The molecule has 0 aliphatic rings. The zero-order valence-corrected chi connectivity index (χ0v) is 9.97. The number of oxazole rings is 1. The summed E-state index contributed by atoms with van der Waals surface area (Å²) in [5, 5.41) is 0. The van der Waals surface area contributed by atoms with Crippen molar-refractivity contribution in [3.63, 3.8) is 0 Å². The van der Waals surface area contributed by atoms with E-state index in [9.17, 15) is 0 Å². The molecular weight excluding hydrogens is 226 g/mol. The van der Waals surface area contributed by atoms with Gasteiger partial charge in [0.1, 0.15) is 5.52 Å². The van der Waals surface area contributed by atoms with Gasteiger partial charge >= 0.3 is 0 Å². The van der Waals surface area contributed by atoms with Gasteiger partial charge in [0.05, 0.1) is 5.56 Å². The van der Waals surface area contributed by atoms with Crippen molar-refractivity contribution < 1.29 is 4.42 Å². The van der Waals surface area contributed by atoms with Crippen molar-refractivity contribution in [1.29, 1.82) is 0 Å². The molecule has 0 aliphatic heterocycles. The minimum Gasteiger partial charge on any atom is -0.436 e. The lowest BCUT2D eigenvalue weighted by Crippen LogP contribution is -1.88. The molecule has 18 heavy (non-hydrogen) atoms. The highest BCUT2D eigenvalue weighted by Crippen LogP contribution is 2.31. The molecule has 4 nitrogen and oxygen atoms in total. The Bertz CT molecular complexity index is 731. The second-order valence-corrected chi connectivity index (χ2v) is 4.23. The van der Waals surface area contributed by atoms with Gasteiger partial charge in [0, 0.05) is 16.9 Å². The molecule has 0 fully saturated rings. The summed E-state index contributed by atoms with van der Waals surface area (Å²) in [6.45, 7) is 1.92. The Morgan fingerprint density at radius 2 is 1.78 bits per heavy atom. The Morgan fingerprint density at radius 3 is 2.56 bits per heavy atom. The number of nitrogen functional groups attached to an aromatic ring is 2. The zero-order chi connectivity index (χ0) is 12.7. The van der Waals surface area contributed by atoms with Crippen molar-refractivity contribution >= 4 is 22.5 Å². The fourth-order valence-electron chi connectivity index (χ4n) is 1.95. The van der Waals surface area contributed by atoms with Crippen LogP contribution in [0.25, 0.3) is 22.6 Å². The average molecular weight is 239 g/mol. The summed E-state index contributed by atoms with van der Waals surface area (Å²) < 4.78 is 5.78. The molecule has 0 amide bonds. The minimum absolute atomic E-state index is 0.525. The number of nitrogens with zero attached hydrogens (tertiary/aromatic N) is 1. The van der Waals surface area contributed by atoms with Crippen LogP contribution >= 0.6 is 0 Å². The van der Waals surface area contributed by atoms with E-state index in [1.807, 2.05) is 43.3 Å². The van der Waals surface area contributed by atoms with Crippen LogP contribution in [0.3, 0.4) is 0 Å². The van der Waals surface area contributed by atoms with Gasteiger partial charge in [-0.1, -0.05) is 12.1 Å². The fourth-order valence-corrected chi connectivity index (χ4v) is 1.95. The monoisotopic (exact) mass is 239 g/mol. The van der Waals surface area contributed by atoms with Gasteiger partial charge in [0.2, 0.25) is 5.89 Å². The third-order valence-electron chi connectivity index (χ3n) is 3.04. The molecule has 3 aromatic rings. The molecule has 1 heterocycles. The van der Waals surface area contributed by atoms with Crippen molar-refractivity contribution in [2.45, 2.75) is 6.92 Å². The highest BCUT2D eigenvalue weighted by molar-refractivity contribution is 5.85. The lowest BCUT2D eigenvalue weighted by molar-refractivity contribution is 0.618. The fraction of sp³-hybridized carbons (Fsp3) is 0.0714. The molecule has 1 aromatic heterocycles. The maximum absolute atomic E-state index is 5.92. The van der Waals surface area contributed by atoms with Crippen LogP contribution in [0.4, 0.5) is 11.4 Å². The summed E-state index contributed by atoms with van der Waals surface area (Å²) in [5.74, 6) is 0.525. The highest BCUT2D eigenvalue weighted by Gasteiger charge is 2.12. The van der Waals surface area contributed by atoms with Gasteiger partial charge in [-0.05, 0) is 31.2 Å². The van der Waals surface area contributed by atoms with E-state index in [-0.39, 0.29) is 0 Å². The largest absolute Gasteiger partial charge is 0.436 e. The molecule has 90 valence electrons. The summed E-state index contributed by atoms with van der Waals surface area (Å²) in [6.07, 6.45) is 0. The van der Waals surface area contributed by atoms with E-state index in [1.54, 1.807) is 0 Å². The van der Waals surface area contributed by atoms with E-state index in [0.717, 1.165) is 16.6 Å². The lowest BCUT2D eigenvalue weighted by atomic mass is 10.2. The van der Waals surface area contributed by atoms with Gasteiger partial charge in [0.15, 0.2) is 5.58 Å². The van der Waals surface area contributed by atoms with Crippen molar-refractivity contribution in [3.8, 4) is 11.5 Å². The van der Waals surface area contributed by atoms with Gasteiger partial charge in [0.25, 0.3) is 0 Å². The van der Waals surface area contributed by atoms with E-state index in [1.165, 1.54) is 0 Å². The van der Waals surface area contributed by atoms with Crippen molar-refractivity contribution in [3.05, 3.63) is 42.0 Å². The summed E-state index contributed by atoms with van der Waals surface area (Å²) >= 11 is 0. The number of benzene rings is 2. The summed E-state index contributed by atoms with van der Waals surface area (Å²) in [4.78, 5) is 4.44. The first-order valence-corrected chi connectivity index (χ1v) is 5.67. The molecule has 0 spiro atoms. The number of hydrogen-bond acceptors (Lipinski definition) is 4.